The number of aromatic nitrogens is 2. The number of nitrogens with zero attached hydrogens (tertiary/aromatic N) is 2. The highest BCUT2D eigenvalue weighted by molar-refractivity contribution is 5.98. The van der Waals surface area contributed by atoms with Gasteiger partial charge >= 0.3 is 12.0 Å². The molecule has 2 N–H and O–H groups in total. The number of hydrogen-bond acceptors (Lipinski definition) is 8. The molecular weight excluding hydrogens is 356 g/mol. The molecule has 0 aliphatic rings. The Morgan fingerprint density at radius 2 is 1.93 bits per heavy atom. The van der Waals surface area contributed by atoms with Crippen molar-refractivity contribution < 1.29 is 28.4 Å². The summed E-state index contributed by atoms with van der Waals surface area (Å²) in [5, 5.41) is 8.19. The summed E-state index contributed by atoms with van der Waals surface area (Å²) in [5.74, 6) is -0.0745. The maximum Gasteiger partial charge on any atom is 0.338 e. The van der Waals surface area contributed by atoms with Crippen LogP contribution in [0.3, 0.4) is 0 Å². The molecule has 0 saturated carbocycles. The summed E-state index contributed by atoms with van der Waals surface area (Å²) < 4.78 is 15.4. The molecule has 144 valence electrons. The van der Waals surface area contributed by atoms with Gasteiger partial charge in [0.15, 0.2) is 12.7 Å². The van der Waals surface area contributed by atoms with Crippen LogP contribution in [0, 0.1) is 6.92 Å². The molecule has 0 saturated heterocycles. The zero-order valence-electron chi connectivity index (χ0n) is 15.1. The molecule has 0 bridgehead atoms. The van der Waals surface area contributed by atoms with E-state index in [2.05, 4.69) is 20.8 Å². The fraction of sp³-hybridized carbons (Fsp3) is 0.353. The molecule has 1 atom stereocenters. The van der Waals surface area contributed by atoms with Crippen molar-refractivity contribution in [2.24, 2.45) is 0 Å². The first-order valence-corrected chi connectivity index (χ1v) is 8.20. The Hall–Kier alpha value is -3.43. The number of benzene rings is 1. The monoisotopic (exact) mass is 376 g/mol. The molecule has 3 amide bonds. The fourth-order valence-corrected chi connectivity index (χ4v) is 1.94. The van der Waals surface area contributed by atoms with E-state index in [0.29, 0.717) is 24.0 Å². The van der Waals surface area contributed by atoms with Crippen molar-refractivity contribution >= 4 is 17.9 Å². The standard InChI is InChI=1S/C17H20N4O6/c1-4-18-17(24)20-15(22)10(2)26-16(23)12-5-7-13(8-6-12)25-9-14-19-11(3)27-21-14/h5-8,10H,4,9H2,1-3H3,(H2,18,20,22,24). The molecule has 2 aromatic rings. The van der Waals surface area contributed by atoms with Crippen LogP contribution < -0.4 is 15.4 Å². The van der Waals surface area contributed by atoms with Crippen LogP contribution in [0.15, 0.2) is 28.8 Å². The van der Waals surface area contributed by atoms with Gasteiger partial charge in [-0.2, -0.15) is 4.98 Å². The number of aryl methyl sites for hydroxylation is 1. The Bertz CT molecular complexity index is 802. The van der Waals surface area contributed by atoms with Crippen molar-refractivity contribution in [2.75, 3.05) is 6.54 Å². The molecule has 27 heavy (non-hydrogen) atoms. The summed E-state index contributed by atoms with van der Waals surface area (Å²) >= 11 is 0. The first-order chi connectivity index (χ1) is 12.9. The van der Waals surface area contributed by atoms with E-state index in [1.165, 1.54) is 19.1 Å². The zero-order chi connectivity index (χ0) is 19.8. The molecule has 2 rings (SSSR count). The Balaban J connectivity index is 1.85. The van der Waals surface area contributed by atoms with Crippen molar-refractivity contribution in [3.05, 3.63) is 41.5 Å². The smallest absolute Gasteiger partial charge is 0.338 e. The van der Waals surface area contributed by atoms with E-state index in [4.69, 9.17) is 14.0 Å². The minimum atomic E-state index is -1.13. The van der Waals surface area contributed by atoms with Gasteiger partial charge in [-0.3, -0.25) is 10.1 Å². The Morgan fingerprint density at radius 1 is 1.22 bits per heavy atom. The summed E-state index contributed by atoms with van der Waals surface area (Å²) in [4.78, 5) is 39.2. The van der Waals surface area contributed by atoms with Crippen molar-refractivity contribution in [2.45, 2.75) is 33.5 Å². The van der Waals surface area contributed by atoms with E-state index in [0.717, 1.165) is 0 Å². The summed E-state index contributed by atoms with van der Waals surface area (Å²) in [6.45, 7) is 5.25. The average Bonchev–Trinajstić information content (AvgIpc) is 3.05. The number of rotatable bonds is 7. The minimum absolute atomic E-state index is 0.123. The summed E-state index contributed by atoms with van der Waals surface area (Å²) in [6, 6.07) is 5.48. The maximum absolute atomic E-state index is 12.1. The van der Waals surface area contributed by atoms with E-state index in [1.807, 2.05) is 0 Å². The van der Waals surface area contributed by atoms with Crippen molar-refractivity contribution in [3.8, 4) is 5.75 Å². The normalized spacial score (nSPS) is 11.4. The number of carbonyl (C=O) groups excluding carboxylic acids is 3. The SMILES string of the molecule is CCNC(=O)NC(=O)C(C)OC(=O)c1ccc(OCc2noc(C)n2)cc1. The van der Waals surface area contributed by atoms with Crippen LogP contribution in [0.4, 0.5) is 4.79 Å². The molecule has 0 fully saturated rings. The number of carbonyl (C=O) groups is 3. The van der Waals surface area contributed by atoms with E-state index in [1.54, 1.807) is 26.0 Å². The average molecular weight is 376 g/mol. The lowest BCUT2D eigenvalue weighted by Crippen LogP contribution is -2.44. The first kappa shape index (κ1) is 19.9. The van der Waals surface area contributed by atoms with Gasteiger partial charge in [0.2, 0.25) is 11.7 Å². The van der Waals surface area contributed by atoms with Crippen LogP contribution in [-0.4, -0.2) is 40.7 Å². The topological polar surface area (TPSA) is 133 Å². The maximum atomic E-state index is 12.1. The number of hydrogen-bond donors (Lipinski definition) is 2. The molecule has 10 heteroatoms. The van der Waals surface area contributed by atoms with Gasteiger partial charge in [-0.25, -0.2) is 9.59 Å². The Morgan fingerprint density at radius 3 is 2.52 bits per heavy atom. The molecular formula is C17H20N4O6. The third-order valence-corrected chi connectivity index (χ3v) is 3.25. The molecule has 1 heterocycles. The van der Waals surface area contributed by atoms with Crippen LogP contribution >= 0.6 is 0 Å². The number of urea groups is 1. The molecule has 0 spiro atoms. The van der Waals surface area contributed by atoms with Gasteiger partial charge in [0.25, 0.3) is 5.91 Å². The summed E-state index contributed by atoms with van der Waals surface area (Å²) in [7, 11) is 0. The largest absolute Gasteiger partial charge is 0.485 e. The van der Waals surface area contributed by atoms with Crippen LogP contribution in [0.2, 0.25) is 0 Å². The Kier molecular flexibility index (Phi) is 6.86. The highest BCUT2D eigenvalue weighted by Crippen LogP contribution is 2.15. The predicted molar refractivity (Wildman–Crippen MR) is 91.9 cm³/mol. The number of esters is 1. The first-order valence-electron chi connectivity index (χ1n) is 8.20. The van der Waals surface area contributed by atoms with Gasteiger partial charge in [0.05, 0.1) is 5.56 Å². The van der Waals surface area contributed by atoms with Gasteiger partial charge < -0.3 is 19.3 Å². The molecule has 1 aromatic heterocycles. The Labute approximate surface area is 155 Å². The lowest BCUT2D eigenvalue weighted by atomic mass is 10.2. The lowest BCUT2D eigenvalue weighted by Gasteiger charge is -2.13. The highest BCUT2D eigenvalue weighted by Gasteiger charge is 2.20. The molecule has 0 aliphatic carbocycles. The summed E-state index contributed by atoms with van der Waals surface area (Å²) in [6.07, 6.45) is -1.13. The third kappa shape index (κ3) is 6.10. The van der Waals surface area contributed by atoms with Crippen LogP contribution in [-0.2, 0) is 16.1 Å². The molecule has 1 aromatic carbocycles. The van der Waals surface area contributed by atoms with Crippen LogP contribution in [0.25, 0.3) is 0 Å². The molecule has 0 aliphatic heterocycles. The van der Waals surface area contributed by atoms with E-state index in [-0.39, 0.29) is 12.2 Å². The highest BCUT2D eigenvalue weighted by atomic mass is 16.5. The van der Waals surface area contributed by atoms with E-state index in [9.17, 15) is 14.4 Å². The molecule has 1 unspecified atom stereocenters. The quantitative estimate of drug-likeness (QED) is 0.692. The second-order valence-corrected chi connectivity index (χ2v) is 5.44. The zero-order valence-corrected chi connectivity index (χ0v) is 15.1. The number of amides is 3. The van der Waals surface area contributed by atoms with Crippen LogP contribution in [0.5, 0.6) is 5.75 Å². The fourth-order valence-electron chi connectivity index (χ4n) is 1.94. The third-order valence-electron chi connectivity index (χ3n) is 3.25. The van der Waals surface area contributed by atoms with Crippen LogP contribution in [0.1, 0.15) is 35.9 Å². The van der Waals surface area contributed by atoms with Gasteiger partial charge in [-0.15, -0.1) is 0 Å². The number of imide groups is 1. The van der Waals surface area contributed by atoms with Gasteiger partial charge in [-0.1, -0.05) is 5.16 Å². The number of ether oxygens (including phenoxy) is 2. The summed E-state index contributed by atoms with van der Waals surface area (Å²) in [5.41, 5.74) is 0.232. The minimum Gasteiger partial charge on any atom is -0.485 e. The second-order valence-electron chi connectivity index (χ2n) is 5.44. The van der Waals surface area contributed by atoms with E-state index < -0.39 is 24.0 Å². The predicted octanol–water partition coefficient (Wildman–Crippen LogP) is 1.35. The van der Waals surface area contributed by atoms with Crippen molar-refractivity contribution in [1.82, 2.24) is 20.8 Å². The van der Waals surface area contributed by atoms with Crippen molar-refractivity contribution in [1.29, 1.82) is 0 Å². The molecule has 10 nitrogen and oxygen atoms in total. The lowest BCUT2D eigenvalue weighted by molar-refractivity contribution is -0.127. The van der Waals surface area contributed by atoms with Gasteiger partial charge in [0, 0.05) is 13.5 Å². The van der Waals surface area contributed by atoms with Gasteiger partial charge in [-0.05, 0) is 38.1 Å². The molecule has 0 radical (unpaired) electrons. The van der Waals surface area contributed by atoms with Gasteiger partial charge in [0.1, 0.15) is 5.75 Å². The van der Waals surface area contributed by atoms with E-state index >= 15 is 0 Å². The number of nitrogens with one attached hydrogen (secondary N) is 2. The van der Waals surface area contributed by atoms with Crippen molar-refractivity contribution in [3.63, 3.8) is 0 Å². The second kappa shape index (κ2) is 9.32.